The Balaban J connectivity index is 2.18. The van der Waals surface area contributed by atoms with E-state index in [1.165, 1.54) is 12.1 Å². The van der Waals surface area contributed by atoms with Crippen LogP contribution in [-0.2, 0) is 6.42 Å². The second-order valence-corrected chi connectivity index (χ2v) is 3.81. The molecule has 18 heavy (non-hydrogen) atoms. The molecule has 2 aromatic rings. The molecule has 0 radical (unpaired) electrons. The summed E-state index contributed by atoms with van der Waals surface area (Å²) in [6, 6.07) is 11.8. The van der Waals surface area contributed by atoms with Crippen LogP contribution in [0.5, 0.6) is 0 Å². The van der Waals surface area contributed by atoms with Crippen molar-refractivity contribution in [3.63, 3.8) is 0 Å². The number of rotatable bonds is 4. The largest absolute Gasteiger partial charge is 0.469 e. The van der Waals surface area contributed by atoms with Crippen LogP contribution >= 0.6 is 0 Å². The van der Waals surface area contributed by atoms with E-state index < -0.39 is 4.92 Å². The first-order chi connectivity index (χ1) is 8.70. The van der Waals surface area contributed by atoms with Gasteiger partial charge in [0.25, 0.3) is 5.69 Å². The van der Waals surface area contributed by atoms with Crippen molar-refractivity contribution < 1.29 is 9.34 Å². The van der Waals surface area contributed by atoms with Gasteiger partial charge in [0.2, 0.25) is 0 Å². The minimum Gasteiger partial charge on any atom is -0.469 e. The third-order valence-corrected chi connectivity index (χ3v) is 2.65. The molecule has 0 fully saturated rings. The van der Waals surface area contributed by atoms with Gasteiger partial charge in [0.1, 0.15) is 5.76 Å². The zero-order chi connectivity index (χ0) is 13.0. The van der Waals surface area contributed by atoms with Gasteiger partial charge in [-0.25, -0.2) is 0 Å². The highest BCUT2D eigenvalue weighted by Gasteiger charge is 2.14. The van der Waals surface area contributed by atoms with Crippen LogP contribution in [0, 0.1) is 21.4 Å². The highest BCUT2D eigenvalue weighted by molar-refractivity contribution is 5.36. The normalized spacial score (nSPS) is 11.7. The molecule has 0 bridgehead atoms. The van der Waals surface area contributed by atoms with E-state index in [0.29, 0.717) is 6.42 Å². The topological polar surface area (TPSA) is 80.1 Å². The minimum absolute atomic E-state index is 0.0217. The molecule has 0 N–H and O–H groups in total. The number of hydrogen-bond donors (Lipinski definition) is 0. The molecular weight excluding hydrogens is 232 g/mol. The fourth-order valence-electron chi connectivity index (χ4n) is 1.70. The van der Waals surface area contributed by atoms with Gasteiger partial charge in [-0.3, -0.25) is 10.1 Å². The molecule has 0 aliphatic rings. The Morgan fingerprint density at radius 3 is 2.56 bits per heavy atom. The van der Waals surface area contributed by atoms with Crippen LogP contribution in [0.15, 0.2) is 47.1 Å². The van der Waals surface area contributed by atoms with Crippen LogP contribution in [0.1, 0.15) is 17.2 Å². The Morgan fingerprint density at radius 2 is 2.06 bits per heavy atom. The Labute approximate surface area is 103 Å². The van der Waals surface area contributed by atoms with Gasteiger partial charge in [-0.2, -0.15) is 5.26 Å². The molecule has 0 aliphatic carbocycles. The molecule has 1 atom stereocenters. The lowest BCUT2D eigenvalue weighted by Crippen LogP contribution is -2.00. The minimum atomic E-state index is -0.461. The molecule has 1 heterocycles. The maximum absolute atomic E-state index is 10.5. The van der Waals surface area contributed by atoms with Crippen LogP contribution in [0.3, 0.4) is 0 Å². The molecule has 1 aromatic carbocycles. The lowest BCUT2D eigenvalue weighted by atomic mass is 9.96. The van der Waals surface area contributed by atoms with Crippen LogP contribution in [-0.4, -0.2) is 4.92 Å². The average molecular weight is 242 g/mol. The number of nitriles is 1. The van der Waals surface area contributed by atoms with Crippen molar-refractivity contribution in [2.75, 3.05) is 0 Å². The summed E-state index contributed by atoms with van der Waals surface area (Å²) in [5.74, 6) is 0.358. The number of furan rings is 1. The van der Waals surface area contributed by atoms with Gasteiger partial charge in [0, 0.05) is 18.6 Å². The van der Waals surface area contributed by atoms with Crippen molar-refractivity contribution in [3.8, 4) is 6.07 Å². The molecule has 5 heteroatoms. The molecule has 5 nitrogen and oxygen atoms in total. The van der Waals surface area contributed by atoms with Crippen LogP contribution in [0.4, 0.5) is 5.69 Å². The summed E-state index contributed by atoms with van der Waals surface area (Å²) in [4.78, 5) is 10.1. The predicted octanol–water partition coefficient (Wildman–Crippen LogP) is 3.04. The SMILES string of the molecule is N#C[C@H](Cc1ccco1)c1ccc([N+](=O)[O-])cc1. The number of hydrogen-bond acceptors (Lipinski definition) is 4. The molecule has 0 aliphatic heterocycles. The van der Waals surface area contributed by atoms with E-state index >= 15 is 0 Å². The quantitative estimate of drug-likeness (QED) is 0.609. The maximum Gasteiger partial charge on any atom is 0.269 e. The van der Waals surface area contributed by atoms with Crippen molar-refractivity contribution in [2.24, 2.45) is 0 Å². The molecule has 0 amide bonds. The van der Waals surface area contributed by atoms with Crippen molar-refractivity contribution in [2.45, 2.75) is 12.3 Å². The Bertz CT molecular complexity index is 567. The molecule has 0 saturated carbocycles. The maximum atomic E-state index is 10.5. The zero-order valence-corrected chi connectivity index (χ0v) is 9.45. The molecule has 0 saturated heterocycles. The molecule has 2 rings (SSSR count). The summed E-state index contributed by atoms with van der Waals surface area (Å²) in [5.41, 5.74) is 0.771. The van der Waals surface area contributed by atoms with Crippen molar-refractivity contribution in [1.82, 2.24) is 0 Å². The van der Waals surface area contributed by atoms with Gasteiger partial charge in [0.05, 0.1) is 23.2 Å². The first-order valence-corrected chi connectivity index (χ1v) is 5.37. The smallest absolute Gasteiger partial charge is 0.269 e. The van der Waals surface area contributed by atoms with E-state index in [4.69, 9.17) is 9.68 Å². The number of benzene rings is 1. The molecule has 0 unspecified atom stereocenters. The van der Waals surface area contributed by atoms with Gasteiger partial charge < -0.3 is 4.42 Å². The van der Waals surface area contributed by atoms with Crippen molar-refractivity contribution in [1.29, 1.82) is 5.26 Å². The van der Waals surface area contributed by atoms with Gasteiger partial charge in [-0.1, -0.05) is 12.1 Å². The lowest BCUT2D eigenvalue weighted by molar-refractivity contribution is -0.384. The number of nitro groups is 1. The standard InChI is InChI=1S/C13H10N2O3/c14-9-11(8-13-2-1-7-18-13)10-3-5-12(6-4-10)15(16)17/h1-7,11H,8H2/t11-/m0/s1. The van der Waals surface area contributed by atoms with E-state index in [2.05, 4.69) is 6.07 Å². The summed E-state index contributed by atoms with van der Waals surface area (Å²) >= 11 is 0. The summed E-state index contributed by atoms with van der Waals surface area (Å²) < 4.78 is 5.19. The lowest BCUT2D eigenvalue weighted by Gasteiger charge is -2.07. The first kappa shape index (κ1) is 11.9. The average Bonchev–Trinajstić information content (AvgIpc) is 2.89. The third kappa shape index (κ3) is 2.55. The fraction of sp³-hybridized carbons (Fsp3) is 0.154. The van der Waals surface area contributed by atoms with Crippen LogP contribution in [0.25, 0.3) is 0 Å². The van der Waals surface area contributed by atoms with E-state index in [1.54, 1.807) is 30.5 Å². The highest BCUT2D eigenvalue weighted by atomic mass is 16.6. The van der Waals surface area contributed by atoms with Crippen LogP contribution < -0.4 is 0 Å². The Morgan fingerprint density at radius 1 is 1.33 bits per heavy atom. The monoisotopic (exact) mass is 242 g/mol. The Hall–Kier alpha value is -2.61. The second kappa shape index (κ2) is 5.15. The molecule has 90 valence electrons. The van der Waals surface area contributed by atoms with E-state index in [1.807, 2.05) is 0 Å². The number of nitrogens with zero attached hydrogens (tertiary/aromatic N) is 2. The predicted molar refractivity (Wildman–Crippen MR) is 63.9 cm³/mol. The fourth-order valence-corrected chi connectivity index (χ4v) is 1.70. The van der Waals surface area contributed by atoms with Gasteiger partial charge in [-0.15, -0.1) is 0 Å². The van der Waals surface area contributed by atoms with Gasteiger partial charge in [0.15, 0.2) is 0 Å². The molecule has 0 spiro atoms. The van der Waals surface area contributed by atoms with Crippen molar-refractivity contribution in [3.05, 3.63) is 64.1 Å². The zero-order valence-electron chi connectivity index (χ0n) is 9.45. The van der Waals surface area contributed by atoms with Gasteiger partial charge in [-0.05, 0) is 17.7 Å². The third-order valence-electron chi connectivity index (χ3n) is 2.65. The molecule has 1 aromatic heterocycles. The second-order valence-electron chi connectivity index (χ2n) is 3.81. The number of nitro benzene ring substituents is 1. The summed E-state index contributed by atoms with van der Waals surface area (Å²) in [6.07, 6.45) is 2.01. The molecular formula is C13H10N2O3. The highest BCUT2D eigenvalue weighted by Crippen LogP contribution is 2.22. The summed E-state index contributed by atoms with van der Waals surface area (Å²) in [5, 5.41) is 19.7. The summed E-state index contributed by atoms with van der Waals surface area (Å²) in [6.45, 7) is 0. The first-order valence-electron chi connectivity index (χ1n) is 5.37. The van der Waals surface area contributed by atoms with E-state index in [9.17, 15) is 10.1 Å². The van der Waals surface area contributed by atoms with Gasteiger partial charge >= 0.3 is 0 Å². The van der Waals surface area contributed by atoms with Crippen molar-refractivity contribution >= 4 is 5.69 Å². The van der Waals surface area contributed by atoms with E-state index in [0.717, 1.165) is 11.3 Å². The van der Waals surface area contributed by atoms with E-state index in [-0.39, 0.29) is 11.6 Å². The Kier molecular flexibility index (Phi) is 3.39. The summed E-state index contributed by atoms with van der Waals surface area (Å²) in [7, 11) is 0. The van der Waals surface area contributed by atoms with Crippen LogP contribution in [0.2, 0.25) is 0 Å². The number of non-ortho nitro benzene ring substituents is 1.